The van der Waals surface area contributed by atoms with Crippen molar-refractivity contribution in [2.45, 2.75) is 37.8 Å². The van der Waals surface area contributed by atoms with Gasteiger partial charge in [-0.3, -0.25) is 4.79 Å². The van der Waals surface area contributed by atoms with Crippen LogP contribution in [0.1, 0.15) is 42.2 Å². The summed E-state index contributed by atoms with van der Waals surface area (Å²) in [6.45, 7) is 0.444. The van der Waals surface area contributed by atoms with E-state index in [0.29, 0.717) is 18.5 Å². The van der Waals surface area contributed by atoms with Gasteiger partial charge in [0.05, 0.1) is 6.10 Å². The monoisotopic (exact) mass is 248 g/mol. The van der Waals surface area contributed by atoms with Crippen LogP contribution in [-0.4, -0.2) is 40.2 Å². The second-order valence-corrected chi connectivity index (χ2v) is 5.62. The van der Waals surface area contributed by atoms with E-state index < -0.39 is 0 Å². The van der Waals surface area contributed by atoms with Gasteiger partial charge in [0.2, 0.25) is 0 Å². The van der Waals surface area contributed by atoms with Gasteiger partial charge >= 0.3 is 0 Å². The first-order chi connectivity index (χ1) is 8.66. The van der Waals surface area contributed by atoms with E-state index in [4.69, 9.17) is 0 Å². The molecule has 2 aliphatic rings. The minimum absolute atomic E-state index is 0.0200. The molecule has 1 heterocycles. The van der Waals surface area contributed by atoms with E-state index in [1.807, 2.05) is 18.3 Å². The van der Waals surface area contributed by atoms with Crippen molar-refractivity contribution in [3.63, 3.8) is 0 Å². The van der Waals surface area contributed by atoms with E-state index in [0.717, 1.165) is 18.5 Å². The third-order valence-electron chi connectivity index (χ3n) is 3.91. The van der Waals surface area contributed by atoms with E-state index in [-0.39, 0.29) is 12.0 Å². The molecule has 0 spiro atoms. The van der Waals surface area contributed by atoms with E-state index in [9.17, 15) is 9.90 Å². The first kappa shape index (κ1) is 11.8. The van der Waals surface area contributed by atoms with E-state index in [1.54, 1.807) is 11.9 Å². The third-order valence-corrected chi connectivity index (χ3v) is 3.91. The Labute approximate surface area is 107 Å². The molecule has 3 rings (SSSR count). The van der Waals surface area contributed by atoms with Gasteiger partial charge < -0.3 is 14.6 Å². The molecule has 0 bridgehead atoms. The van der Waals surface area contributed by atoms with Crippen LogP contribution in [0.5, 0.6) is 0 Å². The molecule has 4 heteroatoms. The molecule has 98 valence electrons. The summed E-state index contributed by atoms with van der Waals surface area (Å²) in [7, 11) is 1.78. The number of aliphatic hydroxyl groups is 1. The minimum Gasteiger partial charge on any atom is -0.391 e. The summed E-state index contributed by atoms with van der Waals surface area (Å²) in [6.07, 6.45) is 6.16. The average Bonchev–Trinajstić information content (AvgIpc) is 3.25. The van der Waals surface area contributed by atoms with Gasteiger partial charge in [-0.2, -0.15) is 0 Å². The van der Waals surface area contributed by atoms with Crippen LogP contribution in [0.3, 0.4) is 0 Å². The van der Waals surface area contributed by atoms with Crippen molar-refractivity contribution in [3.05, 3.63) is 24.0 Å². The summed E-state index contributed by atoms with van der Waals surface area (Å²) >= 11 is 0. The molecule has 1 atom stereocenters. The van der Waals surface area contributed by atoms with Crippen molar-refractivity contribution < 1.29 is 9.90 Å². The lowest BCUT2D eigenvalue weighted by Gasteiger charge is -2.21. The van der Waals surface area contributed by atoms with E-state index >= 15 is 0 Å². The number of hydrogen-bond donors (Lipinski definition) is 1. The number of carbonyl (C=O) groups excluding carboxylic acids is 1. The quantitative estimate of drug-likeness (QED) is 0.861. The molecule has 1 unspecified atom stereocenters. The number of aliphatic hydroxyl groups excluding tert-OH is 1. The Balaban J connectivity index is 1.66. The van der Waals surface area contributed by atoms with Gasteiger partial charge in [0.1, 0.15) is 5.69 Å². The summed E-state index contributed by atoms with van der Waals surface area (Å²) in [5, 5.41) is 9.90. The zero-order chi connectivity index (χ0) is 12.7. The van der Waals surface area contributed by atoms with Crippen LogP contribution in [0.15, 0.2) is 18.3 Å². The molecule has 0 radical (unpaired) electrons. The second kappa shape index (κ2) is 4.43. The van der Waals surface area contributed by atoms with Crippen molar-refractivity contribution in [1.29, 1.82) is 0 Å². The molecule has 1 aromatic rings. The zero-order valence-electron chi connectivity index (χ0n) is 10.7. The molecule has 1 N–H and O–H groups in total. The van der Waals surface area contributed by atoms with Crippen molar-refractivity contribution in [2.75, 3.05) is 13.6 Å². The summed E-state index contributed by atoms with van der Waals surface area (Å²) in [4.78, 5) is 14.0. The van der Waals surface area contributed by atoms with Gasteiger partial charge in [-0.1, -0.05) is 0 Å². The van der Waals surface area contributed by atoms with Crippen LogP contribution < -0.4 is 0 Å². The van der Waals surface area contributed by atoms with Gasteiger partial charge in [-0.15, -0.1) is 0 Å². The molecule has 2 saturated carbocycles. The molecule has 2 aliphatic carbocycles. The Morgan fingerprint density at radius 3 is 2.83 bits per heavy atom. The Hall–Kier alpha value is -1.29. The number of nitrogens with zero attached hydrogens (tertiary/aromatic N) is 2. The first-order valence-electron chi connectivity index (χ1n) is 6.77. The maximum atomic E-state index is 12.3. The molecule has 0 aliphatic heterocycles. The van der Waals surface area contributed by atoms with Gasteiger partial charge in [0, 0.05) is 25.8 Å². The van der Waals surface area contributed by atoms with Crippen LogP contribution in [0.25, 0.3) is 0 Å². The fraction of sp³-hybridized carbons (Fsp3) is 0.643. The lowest BCUT2D eigenvalue weighted by molar-refractivity contribution is 0.0635. The predicted octanol–water partition coefficient (Wildman–Crippen LogP) is 1.67. The number of hydrogen-bond acceptors (Lipinski definition) is 2. The second-order valence-electron chi connectivity index (χ2n) is 5.62. The first-order valence-corrected chi connectivity index (χ1v) is 6.77. The molecule has 18 heavy (non-hydrogen) atoms. The standard InChI is InChI=1S/C14H20N2O2/c1-15(9-13(17)10-4-5-10)14(18)12-3-2-8-16(12)11-6-7-11/h2-3,8,10-11,13,17H,4-7,9H2,1H3. The molecular formula is C14H20N2O2. The smallest absolute Gasteiger partial charge is 0.270 e. The average molecular weight is 248 g/mol. The molecular weight excluding hydrogens is 228 g/mol. The Kier molecular flexibility index (Phi) is 2.90. The Morgan fingerprint density at radius 2 is 2.22 bits per heavy atom. The predicted molar refractivity (Wildman–Crippen MR) is 68.4 cm³/mol. The van der Waals surface area contributed by atoms with Crippen LogP contribution in [-0.2, 0) is 0 Å². The maximum absolute atomic E-state index is 12.3. The maximum Gasteiger partial charge on any atom is 0.270 e. The van der Waals surface area contributed by atoms with Gasteiger partial charge in [0.15, 0.2) is 0 Å². The largest absolute Gasteiger partial charge is 0.391 e. The highest BCUT2D eigenvalue weighted by Crippen LogP contribution is 2.36. The number of carbonyl (C=O) groups is 1. The SMILES string of the molecule is CN(CC(O)C1CC1)C(=O)c1cccn1C1CC1. The van der Waals surface area contributed by atoms with Gasteiger partial charge in [-0.25, -0.2) is 0 Å². The highest BCUT2D eigenvalue weighted by molar-refractivity contribution is 5.92. The molecule has 2 fully saturated rings. The summed E-state index contributed by atoms with van der Waals surface area (Å²) in [6, 6.07) is 4.32. The number of rotatable bonds is 5. The molecule has 4 nitrogen and oxygen atoms in total. The number of likely N-dealkylation sites (N-methyl/N-ethyl adjacent to an activating group) is 1. The summed E-state index contributed by atoms with van der Waals surface area (Å²) < 4.78 is 2.07. The van der Waals surface area contributed by atoms with Crippen molar-refractivity contribution >= 4 is 5.91 Å². The number of amides is 1. The van der Waals surface area contributed by atoms with Gasteiger partial charge in [-0.05, 0) is 43.7 Å². The molecule has 1 amide bonds. The van der Waals surface area contributed by atoms with Crippen LogP contribution in [0.2, 0.25) is 0 Å². The highest BCUT2D eigenvalue weighted by Gasteiger charge is 2.32. The Bertz CT molecular complexity index is 446. The molecule has 0 saturated heterocycles. The van der Waals surface area contributed by atoms with Crippen molar-refractivity contribution in [3.8, 4) is 0 Å². The topological polar surface area (TPSA) is 45.5 Å². The summed E-state index contributed by atoms with van der Waals surface area (Å²) in [5.41, 5.74) is 0.753. The lowest BCUT2D eigenvalue weighted by Crippen LogP contribution is -2.36. The molecule has 0 aromatic carbocycles. The van der Waals surface area contributed by atoms with Crippen LogP contribution in [0, 0.1) is 5.92 Å². The van der Waals surface area contributed by atoms with Crippen molar-refractivity contribution in [2.24, 2.45) is 5.92 Å². The number of aromatic nitrogens is 1. The summed E-state index contributed by atoms with van der Waals surface area (Å²) in [5.74, 6) is 0.432. The van der Waals surface area contributed by atoms with Crippen molar-refractivity contribution in [1.82, 2.24) is 9.47 Å². The van der Waals surface area contributed by atoms with Crippen LogP contribution in [0.4, 0.5) is 0 Å². The minimum atomic E-state index is -0.358. The lowest BCUT2D eigenvalue weighted by atomic mass is 10.2. The van der Waals surface area contributed by atoms with Gasteiger partial charge in [0.25, 0.3) is 5.91 Å². The van der Waals surface area contributed by atoms with Crippen LogP contribution >= 0.6 is 0 Å². The highest BCUT2D eigenvalue weighted by atomic mass is 16.3. The third kappa shape index (κ3) is 2.29. The fourth-order valence-corrected chi connectivity index (χ4v) is 2.44. The zero-order valence-corrected chi connectivity index (χ0v) is 10.7. The van der Waals surface area contributed by atoms with E-state index in [2.05, 4.69) is 4.57 Å². The molecule has 1 aromatic heterocycles. The Morgan fingerprint density at radius 1 is 1.50 bits per heavy atom. The van der Waals surface area contributed by atoms with E-state index in [1.165, 1.54) is 12.8 Å². The fourth-order valence-electron chi connectivity index (χ4n) is 2.44. The normalized spacial score (nSPS) is 20.8.